The highest BCUT2D eigenvalue weighted by Gasteiger charge is 2.37. The van der Waals surface area contributed by atoms with Crippen molar-refractivity contribution in [3.05, 3.63) is 60.7 Å². The molecule has 0 N–H and O–H groups in total. The average Bonchev–Trinajstić information content (AvgIpc) is 3.28. The summed E-state index contributed by atoms with van der Waals surface area (Å²) in [6, 6.07) is 9.57. The Kier molecular flexibility index (Phi) is 14.8. The number of nitrogens with zero attached hydrogens (tertiary/aromatic N) is 2. The van der Waals surface area contributed by atoms with Crippen molar-refractivity contribution in [2.45, 2.75) is 77.8 Å². The highest BCUT2D eigenvalue weighted by atomic mass is 16.4. The molecule has 3 heteroatoms. The maximum absolute atomic E-state index is 4.46. The van der Waals surface area contributed by atoms with Gasteiger partial charge < -0.3 is 9.64 Å². The van der Waals surface area contributed by atoms with Crippen LogP contribution in [0.1, 0.15) is 76.8 Å². The lowest BCUT2D eigenvalue weighted by atomic mass is 9.86. The van der Waals surface area contributed by atoms with Gasteiger partial charge in [0.05, 0.1) is 6.04 Å². The van der Waals surface area contributed by atoms with Gasteiger partial charge in [-0.1, -0.05) is 102 Å². The Morgan fingerprint density at radius 3 is 2.45 bits per heavy atom. The van der Waals surface area contributed by atoms with Crippen LogP contribution in [-0.2, 0) is 4.74 Å². The van der Waals surface area contributed by atoms with Gasteiger partial charge in [0.25, 0.3) is 0 Å². The molecule has 0 bridgehead atoms. The van der Waals surface area contributed by atoms with E-state index in [1.165, 1.54) is 62.6 Å². The molecule has 2 aliphatic rings. The van der Waals surface area contributed by atoms with Gasteiger partial charge in [0.15, 0.2) is 0 Å². The summed E-state index contributed by atoms with van der Waals surface area (Å²) >= 11 is 0. The van der Waals surface area contributed by atoms with Gasteiger partial charge in [0.2, 0.25) is 0 Å². The zero-order valence-corrected chi connectivity index (χ0v) is 22.4. The van der Waals surface area contributed by atoms with Crippen LogP contribution in [0.3, 0.4) is 0 Å². The predicted octanol–water partition coefficient (Wildman–Crippen LogP) is 7.51. The second-order valence-electron chi connectivity index (χ2n) is 8.96. The lowest BCUT2D eigenvalue weighted by molar-refractivity contribution is 0.216. The average molecular weight is 455 g/mol. The number of hydrogen-bond donors (Lipinski definition) is 0. The maximum atomic E-state index is 4.46. The quantitative estimate of drug-likeness (QED) is 0.269. The first-order valence-electron chi connectivity index (χ1n) is 13.0. The normalized spacial score (nSPS) is 20.9. The number of rotatable bonds is 10. The number of likely N-dealkylation sites (N-methyl/N-ethyl adjacent to an activating group) is 1. The highest BCUT2D eigenvalue weighted by molar-refractivity contribution is 5.72. The maximum Gasteiger partial charge on any atom is 0.0503 e. The van der Waals surface area contributed by atoms with E-state index in [2.05, 4.69) is 78.1 Å². The molecule has 1 aliphatic carbocycles. The Labute approximate surface area is 205 Å². The monoisotopic (exact) mass is 454 g/mol. The molecule has 33 heavy (non-hydrogen) atoms. The van der Waals surface area contributed by atoms with E-state index >= 15 is 0 Å². The summed E-state index contributed by atoms with van der Waals surface area (Å²) in [5.74, 6) is 0.741. The van der Waals surface area contributed by atoms with E-state index in [1.807, 2.05) is 19.9 Å². The van der Waals surface area contributed by atoms with Crippen LogP contribution >= 0.6 is 0 Å². The fourth-order valence-electron chi connectivity index (χ4n) is 4.89. The fourth-order valence-corrected chi connectivity index (χ4v) is 4.89. The Morgan fingerprint density at radius 1 is 1.12 bits per heavy atom. The van der Waals surface area contributed by atoms with E-state index in [1.54, 1.807) is 14.2 Å². The number of fused-ring (bicyclic) bond motifs is 1. The molecule has 0 spiro atoms. The zero-order valence-electron chi connectivity index (χ0n) is 22.4. The van der Waals surface area contributed by atoms with Crippen molar-refractivity contribution in [2.24, 2.45) is 5.92 Å². The van der Waals surface area contributed by atoms with Gasteiger partial charge in [-0.2, -0.15) is 0 Å². The van der Waals surface area contributed by atoms with E-state index in [0.717, 1.165) is 18.2 Å². The third-order valence-electron chi connectivity index (χ3n) is 6.68. The van der Waals surface area contributed by atoms with Gasteiger partial charge in [-0.05, 0) is 44.3 Å². The lowest BCUT2D eigenvalue weighted by Gasteiger charge is -2.36. The summed E-state index contributed by atoms with van der Waals surface area (Å²) in [5, 5.41) is 0. The van der Waals surface area contributed by atoms with Crippen molar-refractivity contribution in [1.82, 2.24) is 9.80 Å². The first-order valence-corrected chi connectivity index (χ1v) is 13.0. The van der Waals surface area contributed by atoms with Gasteiger partial charge in [0, 0.05) is 38.1 Å². The molecule has 1 aromatic rings. The molecule has 186 valence electrons. The molecule has 1 saturated heterocycles. The molecule has 1 fully saturated rings. The van der Waals surface area contributed by atoms with Crippen molar-refractivity contribution in [1.29, 1.82) is 0 Å². The summed E-state index contributed by atoms with van der Waals surface area (Å²) in [7, 11) is 5.56. The first kappa shape index (κ1) is 29.2. The third kappa shape index (κ3) is 8.79. The summed E-state index contributed by atoms with van der Waals surface area (Å²) in [6.45, 7) is 17.0. The zero-order chi connectivity index (χ0) is 24.6. The number of ether oxygens (including phenoxy) is 1. The minimum Gasteiger partial charge on any atom is -0.388 e. The van der Waals surface area contributed by atoms with Gasteiger partial charge >= 0.3 is 0 Å². The van der Waals surface area contributed by atoms with E-state index in [4.69, 9.17) is 0 Å². The number of methoxy groups -OCH3 is 1. The molecule has 1 aromatic carbocycles. The minimum atomic E-state index is 0.500. The van der Waals surface area contributed by atoms with Gasteiger partial charge in [-0.3, -0.25) is 4.90 Å². The minimum absolute atomic E-state index is 0.500. The van der Waals surface area contributed by atoms with Crippen molar-refractivity contribution >= 4 is 11.8 Å². The molecule has 1 aliphatic heterocycles. The first-order chi connectivity index (χ1) is 16.1. The van der Waals surface area contributed by atoms with Crippen LogP contribution in [0.25, 0.3) is 11.8 Å². The number of unbranched alkanes of at least 4 members (excludes halogenated alkanes) is 4. The Balaban J connectivity index is 0.00000101. The molecule has 1 heterocycles. The summed E-state index contributed by atoms with van der Waals surface area (Å²) in [4.78, 5) is 5.09. The fraction of sp³-hybridized carbons (Fsp3) is 0.600. The summed E-state index contributed by atoms with van der Waals surface area (Å²) in [6.07, 6.45) is 16.2. The second kappa shape index (κ2) is 16.7. The molecule has 0 amide bonds. The van der Waals surface area contributed by atoms with E-state index < -0.39 is 0 Å². The van der Waals surface area contributed by atoms with Crippen LogP contribution in [0.4, 0.5) is 0 Å². The molecule has 3 rings (SSSR count). The van der Waals surface area contributed by atoms with E-state index in [9.17, 15) is 0 Å². The predicted molar refractivity (Wildman–Crippen MR) is 147 cm³/mol. The lowest BCUT2D eigenvalue weighted by Crippen LogP contribution is -2.39. The molecular formula is C30H50N2O. The van der Waals surface area contributed by atoms with Crippen LogP contribution in [0.5, 0.6) is 0 Å². The standard InChI is InChI=1S/C26H38N2.C2H6O.C2H6/c1-5-7-8-9-12-18-27(4)24-15-16-26-23(20-24)17-19-28(26)21(3)25-14-11-10-13-22(25)6-2;1-3-2;1-2/h6,10-11,13-16,23-24,26H,2-3,5,7-9,12,17-20H2,1,4H3;1-2H3;1-2H3. The van der Waals surface area contributed by atoms with Crippen LogP contribution in [0.2, 0.25) is 0 Å². The van der Waals surface area contributed by atoms with Crippen LogP contribution in [0, 0.1) is 5.92 Å². The third-order valence-corrected chi connectivity index (χ3v) is 6.68. The summed E-state index contributed by atoms with van der Waals surface area (Å²) < 4.78 is 4.25. The Morgan fingerprint density at radius 2 is 1.79 bits per heavy atom. The second-order valence-corrected chi connectivity index (χ2v) is 8.96. The van der Waals surface area contributed by atoms with Gasteiger partial charge in [-0.15, -0.1) is 0 Å². The topological polar surface area (TPSA) is 15.7 Å². The van der Waals surface area contributed by atoms with E-state index in [-0.39, 0.29) is 0 Å². The van der Waals surface area contributed by atoms with E-state index in [0.29, 0.717) is 12.1 Å². The van der Waals surface area contributed by atoms with Crippen molar-refractivity contribution in [3.63, 3.8) is 0 Å². The van der Waals surface area contributed by atoms with Crippen LogP contribution < -0.4 is 0 Å². The summed E-state index contributed by atoms with van der Waals surface area (Å²) in [5.41, 5.74) is 3.55. The highest BCUT2D eigenvalue weighted by Crippen LogP contribution is 2.38. The van der Waals surface area contributed by atoms with Crippen LogP contribution in [0.15, 0.2) is 49.6 Å². The Bertz CT molecular complexity index is 711. The molecular weight excluding hydrogens is 404 g/mol. The van der Waals surface area contributed by atoms with Crippen molar-refractivity contribution < 1.29 is 4.74 Å². The smallest absolute Gasteiger partial charge is 0.0503 e. The molecule has 3 nitrogen and oxygen atoms in total. The number of likely N-dealkylation sites (tertiary alicyclic amines) is 1. The molecule has 0 aromatic heterocycles. The largest absolute Gasteiger partial charge is 0.388 e. The Hall–Kier alpha value is -1.84. The van der Waals surface area contributed by atoms with Crippen molar-refractivity contribution in [3.8, 4) is 0 Å². The SMILES string of the molecule is C=Cc1ccccc1C(=C)N1CCC2CC(N(C)CCCCCCC)C=CC21.CC.COC. The molecule has 3 unspecified atom stereocenters. The number of benzene rings is 1. The molecule has 0 saturated carbocycles. The van der Waals surface area contributed by atoms with Gasteiger partial charge in [0.1, 0.15) is 0 Å². The number of hydrogen-bond acceptors (Lipinski definition) is 3. The molecule has 0 radical (unpaired) electrons. The van der Waals surface area contributed by atoms with Crippen molar-refractivity contribution in [2.75, 3.05) is 34.4 Å². The van der Waals surface area contributed by atoms with Crippen LogP contribution in [-0.4, -0.2) is 56.2 Å². The molecule has 3 atom stereocenters. The van der Waals surface area contributed by atoms with Gasteiger partial charge in [-0.25, -0.2) is 0 Å².